The van der Waals surface area contributed by atoms with Crippen LogP contribution in [-0.2, 0) is 9.47 Å². The lowest BCUT2D eigenvalue weighted by Crippen LogP contribution is -2.31. The van der Waals surface area contributed by atoms with Crippen molar-refractivity contribution >= 4 is 5.69 Å². The van der Waals surface area contributed by atoms with Crippen LogP contribution in [-0.4, -0.2) is 32.6 Å². The average molecular weight is 249 g/mol. The molecule has 0 bridgehead atoms. The predicted octanol–water partition coefficient (Wildman–Crippen LogP) is 2.97. The molecule has 1 aliphatic heterocycles. The van der Waals surface area contributed by atoms with Crippen LogP contribution in [0.1, 0.15) is 25.3 Å². The number of rotatable bonds is 5. The van der Waals surface area contributed by atoms with Gasteiger partial charge in [0, 0.05) is 25.2 Å². The minimum Gasteiger partial charge on any atom is -0.372 e. The molecule has 0 radical (unpaired) electrons. The minimum atomic E-state index is -0.0161. The van der Waals surface area contributed by atoms with Crippen LogP contribution in [0.2, 0.25) is 0 Å². The van der Waals surface area contributed by atoms with E-state index in [1.165, 1.54) is 11.3 Å². The van der Waals surface area contributed by atoms with Gasteiger partial charge in [0.15, 0.2) is 6.29 Å². The smallest absolute Gasteiger partial charge is 0.159 e. The second kappa shape index (κ2) is 6.76. The topological polar surface area (TPSA) is 21.7 Å². The lowest BCUT2D eigenvalue weighted by Gasteiger charge is -2.28. The first-order chi connectivity index (χ1) is 8.79. The molecule has 1 aliphatic rings. The quantitative estimate of drug-likeness (QED) is 0.800. The number of ether oxygens (including phenoxy) is 2. The fraction of sp³-hybridized carbons (Fsp3) is 0.600. The van der Waals surface area contributed by atoms with Gasteiger partial charge in [-0.3, -0.25) is 0 Å². The molecule has 3 heteroatoms. The van der Waals surface area contributed by atoms with E-state index in [2.05, 4.69) is 43.0 Å². The lowest BCUT2D eigenvalue weighted by atomic mass is 10.2. The number of anilines is 1. The largest absolute Gasteiger partial charge is 0.372 e. The summed E-state index contributed by atoms with van der Waals surface area (Å²) in [6.07, 6.45) is 1.94. The van der Waals surface area contributed by atoms with E-state index in [4.69, 9.17) is 9.47 Å². The fourth-order valence-corrected chi connectivity index (χ4v) is 2.26. The molecule has 3 nitrogen and oxygen atoms in total. The lowest BCUT2D eigenvalue weighted by molar-refractivity contribution is -0.179. The van der Waals surface area contributed by atoms with Gasteiger partial charge in [-0.2, -0.15) is 0 Å². The van der Waals surface area contributed by atoms with Crippen molar-refractivity contribution in [3.05, 3.63) is 29.8 Å². The summed E-state index contributed by atoms with van der Waals surface area (Å²) in [5.74, 6) is 0. The van der Waals surface area contributed by atoms with Gasteiger partial charge in [-0.25, -0.2) is 0 Å². The molecule has 0 unspecified atom stereocenters. The summed E-state index contributed by atoms with van der Waals surface area (Å²) in [5.41, 5.74) is 2.59. The first-order valence-electron chi connectivity index (χ1n) is 6.84. The van der Waals surface area contributed by atoms with Crippen molar-refractivity contribution in [2.45, 2.75) is 33.0 Å². The highest BCUT2D eigenvalue weighted by molar-refractivity contribution is 5.48. The van der Waals surface area contributed by atoms with Crippen molar-refractivity contribution in [3.8, 4) is 0 Å². The molecule has 0 N–H and O–H groups in total. The maximum absolute atomic E-state index is 5.58. The first kappa shape index (κ1) is 13.4. The Labute approximate surface area is 110 Å². The minimum absolute atomic E-state index is 0.0161. The van der Waals surface area contributed by atoms with E-state index in [0.717, 1.165) is 39.1 Å². The SMILES string of the molecule is CCN(CCC1OCCCO1)c1cccc(C)c1. The number of nitrogens with zero attached hydrogens (tertiary/aromatic N) is 1. The van der Waals surface area contributed by atoms with E-state index >= 15 is 0 Å². The molecule has 0 atom stereocenters. The van der Waals surface area contributed by atoms with Gasteiger partial charge in [0.2, 0.25) is 0 Å². The Morgan fingerprint density at radius 1 is 1.28 bits per heavy atom. The highest BCUT2D eigenvalue weighted by atomic mass is 16.7. The van der Waals surface area contributed by atoms with Gasteiger partial charge >= 0.3 is 0 Å². The summed E-state index contributed by atoms with van der Waals surface area (Å²) >= 11 is 0. The van der Waals surface area contributed by atoms with Gasteiger partial charge in [-0.15, -0.1) is 0 Å². The van der Waals surface area contributed by atoms with Gasteiger partial charge in [-0.1, -0.05) is 12.1 Å². The molecular weight excluding hydrogens is 226 g/mol. The number of aryl methyl sites for hydroxylation is 1. The highest BCUT2D eigenvalue weighted by Gasteiger charge is 2.15. The van der Waals surface area contributed by atoms with Crippen LogP contribution in [0.25, 0.3) is 0 Å². The molecule has 1 aromatic rings. The summed E-state index contributed by atoms with van der Waals surface area (Å²) in [4.78, 5) is 2.37. The van der Waals surface area contributed by atoms with Crippen LogP contribution >= 0.6 is 0 Å². The Balaban J connectivity index is 1.88. The van der Waals surface area contributed by atoms with E-state index in [-0.39, 0.29) is 6.29 Å². The molecule has 0 aromatic heterocycles. The Morgan fingerprint density at radius 2 is 2.06 bits per heavy atom. The van der Waals surface area contributed by atoms with Gasteiger partial charge in [-0.05, 0) is 38.0 Å². The van der Waals surface area contributed by atoms with Crippen molar-refractivity contribution < 1.29 is 9.47 Å². The van der Waals surface area contributed by atoms with Crippen molar-refractivity contribution in [1.82, 2.24) is 0 Å². The number of hydrogen-bond acceptors (Lipinski definition) is 3. The second-order valence-corrected chi connectivity index (χ2v) is 4.73. The number of hydrogen-bond donors (Lipinski definition) is 0. The molecular formula is C15H23NO2. The third-order valence-electron chi connectivity index (χ3n) is 3.28. The van der Waals surface area contributed by atoms with E-state index in [9.17, 15) is 0 Å². The average Bonchev–Trinajstić information content (AvgIpc) is 2.41. The third kappa shape index (κ3) is 3.72. The predicted molar refractivity (Wildman–Crippen MR) is 74.0 cm³/mol. The summed E-state index contributed by atoms with van der Waals surface area (Å²) in [6, 6.07) is 8.64. The standard InChI is InChI=1S/C15H23NO2/c1-3-16(14-7-4-6-13(2)12-14)9-8-15-17-10-5-11-18-15/h4,6-7,12,15H,3,5,8-11H2,1-2H3. The monoisotopic (exact) mass is 249 g/mol. The van der Waals surface area contributed by atoms with Gasteiger partial charge in [0.25, 0.3) is 0 Å². The molecule has 1 fully saturated rings. The molecule has 1 saturated heterocycles. The molecule has 18 heavy (non-hydrogen) atoms. The van der Waals surface area contributed by atoms with Crippen molar-refractivity contribution in [2.24, 2.45) is 0 Å². The molecule has 0 aliphatic carbocycles. The third-order valence-corrected chi connectivity index (χ3v) is 3.28. The second-order valence-electron chi connectivity index (χ2n) is 4.73. The summed E-state index contributed by atoms with van der Waals surface area (Å²) in [5, 5.41) is 0. The van der Waals surface area contributed by atoms with Gasteiger partial charge in [0.1, 0.15) is 0 Å². The molecule has 1 aromatic carbocycles. The number of benzene rings is 1. The fourth-order valence-electron chi connectivity index (χ4n) is 2.26. The van der Waals surface area contributed by atoms with Gasteiger partial charge < -0.3 is 14.4 Å². The summed E-state index contributed by atoms with van der Waals surface area (Å²) < 4.78 is 11.2. The van der Waals surface area contributed by atoms with Crippen LogP contribution in [0, 0.1) is 6.92 Å². The maximum atomic E-state index is 5.58. The molecule has 0 saturated carbocycles. The summed E-state index contributed by atoms with van der Waals surface area (Å²) in [6.45, 7) is 7.97. The molecule has 0 spiro atoms. The Kier molecular flexibility index (Phi) is 5.02. The maximum Gasteiger partial charge on any atom is 0.159 e. The zero-order chi connectivity index (χ0) is 12.8. The molecule has 100 valence electrons. The summed E-state index contributed by atoms with van der Waals surface area (Å²) in [7, 11) is 0. The Bertz CT molecular complexity index is 361. The van der Waals surface area contributed by atoms with Crippen LogP contribution in [0.4, 0.5) is 5.69 Å². The molecule has 1 heterocycles. The molecule has 2 rings (SSSR count). The highest BCUT2D eigenvalue weighted by Crippen LogP contribution is 2.17. The van der Waals surface area contributed by atoms with Crippen molar-refractivity contribution in [1.29, 1.82) is 0 Å². The van der Waals surface area contributed by atoms with E-state index in [0.29, 0.717) is 0 Å². The Hall–Kier alpha value is -1.06. The van der Waals surface area contributed by atoms with E-state index < -0.39 is 0 Å². The first-order valence-corrected chi connectivity index (χ1v) is 6.84. The Morgan fingerprint density at radius 3 is 2.72 bits per heavy atom. The normalized spacial score (nSPS) is 16.8. The molecule has 0 amide bonds. The van der Waals surface area contributed by atoms with E-state index in [1.54, 1.807) is 0 Å². The zero-order valence-corrected chi connectivity index (χ0v) is 11.4. The van der Waals surface area contributed by atoms with Crippen molar-refractivity contribution in [2.75, 3.05) is 31.2 Å². The van der Waals surface area contributed by atoms with Crippen LogP contribution in [0.5, 0.6) is 0 Å². The van der Waals surface area contributed by atoms with Crippen LogP contribution < -0.4 is 4.90 Å². The van der Waals surface area contributed by atoms with Gasteiger partial charge in [0.05, 0.1) is 13.2 Å². The van der Waals surface area contributed by atoms with Crippen LogP contribution in [0.3, 0.4) is 0 Å². The van der Waals surface area contributed by atoms with Crippen LogP contribution in [0.15, 0.2) is 24.3 Å². The van der Waals surface area contributed by atoms with Crippen molar-refractivity contribution in [3.63, 3.8) is 0 Å². The van der Waals surface area contributed by atoms with E-state index in [1.807, 2.05) is 0 Å². The zero-order valence-electron chi connectivity index (χ0n) is 11.4.